The van der Waals surface area contributed by atoms with Crippen molar-refractivity contribution in [3.8, 4) is 11.6 Å². The SMILES string of the molecule is O=C(c1ccc(Cl)cc1)n1nc(-c2ccco2)nc1NCc1ccccc1. The lowest BCUT2D eigenvalue weighted by molar-refractivity contribution is 0.0947. The van der Waals surface area contributed by atoms with Crippen LogP contribution in [0, 0.1) is 0 Å². The molecule has 2 heterocycles. The molecule has 0 atom stereocenters. The first-order valence-electron chi connectivity index (χ1n) is 8.30. The van der Waals surface area contributed by atoms with Crippen molar-refractivity contribution in [2.24, 2.45) is 0 Å². The van der Waals surface area contributed by atoms with Crippen LogP contribution in [-0.2, 0) is 6.54 Å². The van der Waals surface area contributed by atoms with E-state index in [1.165, 1.54) is 10.9 Å². The van der Waals surface area contributed by atoms with Gasteiger partial charge in [0.05, 0.1) is 6.26 Å². The number of hydrogen-bond acceptors (Lipinski definition) is 5. The minimum absolute atomic E-state index is 0.312. The van der Waals surface area contributed by atoms with E-state index in [0.717, 1.165) is 5.56 Å². The topological polar surface area (TPSA) is 73.0 Å². The Balaban J connectivity index is 1.67. The number of nitrogens with one attached hydrogen (secondary N) is 1. The van der Waals surface area contributed by atoms with Gasteiger partial charge in [0.2, 0.25) is 11.8 Å². The highest BCUT2D eigenvalue weighted by atomic mass is 35.5. The lowest BCUT2D eigenvalue weighted by Gasteiger charge is -2.07. The van der Waals surface area contributed by atoms with Gasteiger partial charge in [-0.05, 0) is 42.0 Å². The second-order valence-corrected chi connectivity index (χ2v) is 6.24. The predicted octanol–water partition coefficient (Wildman–Crippen LogP) is 4.49. The van der Waals surface area contributed by atoms with Gasteiger partial charge in [0.15, 0.2) is 5.76 Å². The van der Waals surface area contributed by atoms with Gasteiger partial charge in [0.25, 0.3) is 5.91 Å². The van der Waals surface area contributed by atoms with Crippen LogP contribution in [0.2, 0.25) is 5.02 Å². The van der Waals surface area contributed by atoms with Gasteiger partial charge in [-0.25, -0.2) is 0 Å². The molecule has 0 bridgehead atoms. The third-order valence-corrected chi connectivity index (χ3v) is 4.18. The third kappa shape index (κ3) is 3.75. The summed E-state index contributed by atoms with van der Waals surface area (Å²) in [5.41, 5.74) is 1.52. The molecule has 0 amide bonds. The summed E-state index contributed by atoms with van der Waals surface area (Å²) in [6.45, 7) is 0.505. The number of hydrogen-bond donors (Lipinski definition) is 1. The molecule has 0 spiro atoms. The van der Waals surface area contributed by atoms with E-state index in [9.17, 15) is 4.79 Å². The molecular formula is C20H15ClN4O2. The normalized spacial score (nSPS) is 10.7. The molecule has 0 saturated carbocycles. The fraction of sp³-hybridized carbons (Fsp3) is 0.0500. The highest BCUT2D eigenvalue weighted by Gasteiger charge is 2.19. The Hall–Kier alpha value is -3.38. The smallest absolute Gasteiger partial charge is 0.281 e. The number of rotatable bonds is 5. The van der Waals surface area contributed by atoms with Gasteiger partial charge in [-0.3, -0.25) is 4.79 Å². The molecule has 4 aromatic rings. The Kier molecular flexibility index (Phi) is 4.72. The van der Waals surface area contributed by atoms with Crippen molar-refractivity contribution in [1.82, 2.24) is 14.8 Å². The van der Waals surface area contributed by atoms with E-state index in [1.807, 2.05) is 30.3 Å². The Bertz CT molecular complexity index is 1040. The van der Waals surface area contributed by atoms with Crippen LogP contribution in [0.25, 0.3) is 11.6 Å². The molecule has 134 valence electrons. The molecule has 0 fully saturated rings. The maximum Gasteiger partial charge on any atom is 0.281 e. The van der Waals surface area contributed by atoms with Crippen LogP contribution < -0.4 is 5.32 Å². The molecule has 0 aliphatic rings. The van der Waals surface area contributed by atoms with Gasteiger partial charge in [-0.15, -0.1) is 5.10 Å². The molecule has 2 aromatic carbocycles. The fourth-order valence-corrected chi connectivity index (χ4v) is 2.70. The molecule has 0 aliphatic heterocycles. The maximum atomic E-state index is 12.9. The monoisotopic (exact) mass is 378 g/mol. The summed E-state index contributed by atoms with van der Waals surface area (Å²) in [7, 11) is 0. The number of nitrogens with zero attached hydrogens (tertiary/aromatic N) is 3. The van der Waals surface area contributed by atoms with Crippen LogP contribution in [0.15, 0.2) is 77.4 Å². The number of halogens is 1. The minimum Gasteiger partial charge on any atom is -0.461 e. The summed E-state index contributed by atoms with van der Waals surface area (Å²) >= 11 is 5.91. The van der Waals surface area contributed by atoms with E-state index in [2.05, 4.69) is 15.4 Å². The quantitative estimate of drug-likeness (QED) is 0.553. The summed E-state index contributed by atoms with van der Waals surface area (Å²) in [6, 6.07) is 20.0. The summed E-state index contributed by atoms with van der Waals surface area (Å²) in [4.78, 5) is 17.4. The molecule has 7 heteroatoms. The van der Waals surface area contributed by atoms with Gasteiger partial charge < -0.3 is 9.73 Å². The van der Waals surface area contributed by atoms with Crippen molar-refractivity contribution in [1.29, 1.82) is 0 Å². The lowest BCUT2D eigenvalue weighted by Crippen LogP contribution is -2.17. The zero-order valence-corrected chi connectivity index (χ0v) is 14.9. The standard InChI is InChI=1S/C20H15ClN4O2/c21-16-10-8-15(9-11-16)19(26)25-20(22-13-14-5-2-1-3-6-14)23-18(24-25)17-7-4-12-27-17/h1-12H,13H2,(H,22,23,24). The van der Waals surface area contributed by atoms with Crippen molar-refractivity contribution in [3.05, 3.63) is 89.1 Å². The van der Waals surface area contributed by atoms with Crippen LogP contribution >= 0.6 is 11.6 Å². The van der Waals surface area contributed by atoms with Gasteiger partial charge in [-0.1, -0.05) is 41.9 Å². The largest absolute Gasteiger partial charge is 0.461 e. The number of furan rings is 1. The minimum atomic E-state index is -0.312. The average Bonchev–Trinajstić information content (AvgIpc) is 3.37. The summed E-state index contributed by atoms with van der Waals surface area (Å²) in [6.07, 6.45) is 1.54. The molecule has 1 N–H and O–H groups in total. The van der Waals surface area contributed by atoms with E-state index < -0.39 is 0 Å². The van der Waals surface area contributed by atoms with E-state index in [1.54, 1.807) is 36.4 Å². The Morgan fingerprint density at radius 3 is 2.52 bits per heavy atom. The van der Waals surface area contributed by atoms with Gasteiger partial charge in [-0.2, -0.15) is 9.67 Å². The molecule has 27 heavy (non-hydrogen) atoms. The average molecular weight is 379 g/mol. The molecule has 4 rings (SSSR count). The van der Waals surface area contributed by atoms with E-state index in [0.29, 0.717) is 34.7 Å². The molecule has 0 saturated heterocycles. The van der Waals surface area contributed by atoms with Crippen molar-refractivity contribution >= 4 is 23.5 Å². The first-order chi connectivity index (χ1) is 13.2. The molecule has 0 aliphatic carbocycles. The zero-order chi connectivity index (χ0) is 18.6. The number of aromatic nitrogens is 3. The molecule has 6 nitrogen and oxygen atoms in total. The molecular weight excluding hydrogens is 364 g/mol. The van der Waals surface area contributed by atoms with Crippen LogP contribution in [0.3, 0.4) is 0 Å². The summed E-state index contributed by atoms with van der Waals surface area (Å²) in [5, 5.41) is 8.06. The second kappa shape index (κ2) is 7.47. The molecule has 0 radical (unpaired) electrons. The van der Waals surface area contributed by atoms with Crippen LogP contribution in [0.4, 0.5) is 5.95 Å². The van der Waals surface area contributed by atoms with E-state index in [-0.39, 0.29) is 5.91 Å². The highest BCUT2D eigenvalue weighted by Crippen LogP contribution is 2.20. The first-order valence-corrected chi connectivity index (χ1v) is 8.67. The van der Waals surface area contributed by atoms with Crippen LogP contribution in [0.1, 0.15) is 15.9 Å². The third-order valence-electron chi connectivity index (χ3n) is 3.93. The van der Waals surface area contributed by atoms with Gasteiger partial charge in [0, 0.05) is 17.1 Å². The first kappa shape index (κ1) is 17.1. The summed E-state index contributed by atoms with van der Waals surface area (Å²) < 4.78 is 6.60. The van der Waals surface area contributed by atoms with Crippen LogP contribution in [-0.4, -0.2) is 20.7 Å². The number of carbonyl (C=O) groups excluding carboxylic acids is 1. The van der Waals surface area contributed by atoms with Crippen LogP contribution in [0.5, 0.6) is 0 Å². The Morgan fingerprint density at radius 1 is 1.04 bits per heavy atom. The maximum absolute atomic E-state index is 12.9. The number of anilines is 1. The highest BCUT2D eigenvalue weighted by molar-refractivity contribution is 6.30. The van der Waals surface area contributed by atoms with Crippen molar-refractivity contribution in [3.63, 3.8) is 0 Å². The van der Waals surface area contributed by atoms with Crippen molar-refractivity contribution in [2.45, 2.75) is 6.54 Å². The lowest BCUT2D eigenvalue weighted by atomic mass is 10.2. The van der Waals surface area contributed by atoms with Crippen molar-refractivity contribution in [2.75, 3.05) is 5.32 Å². The Morgan fingerprint density at radius 2 is 1.81 bits per heavy atom. The van der Waals surface area contributed by atoms with E-state index >= 15 is 0 Å². The predicted molar refractivity (Wildman–Crippen MR) is 103 cm³/mol. The fourth-order valence-electron chi connectivity index (χ4n) is 2.57. The number of benzene rings is 2. The molecule has 2 aromatic heterocycles. The van der Waals surface area contributed by atoms with Gasteiger partial charge in [0.1, 0.15) is 0 Å². The molecule has 0 unspecified atom stereocenters. The number of carbonyl (C=O) groups is 1. The zero-order valence-electron chi connectivity index (χ0n) is 14.2. The second-order valence-electron chi connectivity index (χ2n) is 5.80. The summed E-state index contributed by atoms with van der Waals surface area (Å²) in [5.74, 6) is 0.844. The van der Waals surface area contributed by atoms with E-state index in [4.69, 9.17) is 16.0 Å². The Labute approximate surface area is 160 Å². The van der Waals surface area contributed by atoms with Gasteiger partial charge >= 0.3 is 0 Å². The van der Waals surface area contributed by atoms with Crippen molar-refractivity contribution < 1.29 is 9.21 Å².